The Morgan fingerprint density at radius 2 is 1.89 bits per heavy atom. The monoisotopic (exact) mass is 432 g/mol. The zero-order chi connectivity index (χ0) is 14.3. The molecule has 0 radical (unpaired) electrons. The summed E-state index contributed by atoms with van der Waals surface area (Å²) in [5.41, 5.74) is 2.33. The van der Waals surface area contributed by atoms with Crippen LogP contribution in [0.25, 0.3) is 0 Å². The van der Waals surface area contributed by atoms with Gasteiger partial charge >= 0.3 is 125 Å². The Morgan fingerprint density at radius 1 is 1.32 bits per heavy atom. The van der Waals surface area contributed by atoms with Crippen molar-refractivity contribution in [2.75, 3.05) is 13.7 Å². The predicted molar refractivity (Wildman–Crippen MR) is 72.4 cm³/mol. The normalized spacial score (nSPS) is 20.2. The minimum atomic E-state index is -0.247. The Morgan fingerprint density at radius 3 is 2.42 bits per heavy atom. The van der Waals surface area contributed by atoms with E-state index in [1.165, 1.54) is 28.8 Å². The van der Waals surface area contributed by atoms with Gasteiger partial charge in [-0.25, -0.2) is 0 Å². The molecule has 0 amide bonds. The van der Waals surface area contributed by atoms with Crippen LogP contribution in [0.5, 0.6) is 0 Å². The van der Waals surface area contributed by atoms with E-state index in [2.05, 4.69) is 6.58 Å². The van der Waals surface area contributed by atoms with Gasteiger partial charge in [0, 0.05) is 0 Å². The fraction of sp³-hybridized carbons (Fsp3) is 0.467. The summed E-state index contributed by atoms with van der Waals surface area (Å²) in [5, 5.41) is 0. The van der Waals surface area contributed by atoms with Gasteiger partial charge in [0.15, 0.2) is 0 Å². The van der Waals surface area contributed by atoms with Crippen molar-refractivity contribution in [2.24, 2.45) is 0 Å². The molecule has 1 aliphatic rings. The van der Waals surface area contributed by atoms with E-state index in [0.717, 1.165) is 31.3 Å². The van der Waals surface area contributed by atoms with Gasteiger partial charge in [0.1, 0.15) is 0 Å². The molecule has 1 saturated carbocycles. The second-order valence-corrected chi connectivity index (χ2v) is 5.76. The fourth-order valence-electron chi connectivity index (χ4n) is 1.92. The van der Waals surface area contributed by atoms with Crippen molar-refractivity contribution in [2.45, 2.75) is 32.6 Å². The summed E-state index contributed by atoms with van der Waals surface area (Å²) in [4.78, 5) is 11.6. The number of allylic oxidation sites excluding steroid dienone is 3. The number of methoxy groups -OCH3 is 1. The van der Waals surface area contributed by atoms with Crippen LogP contribution in [0.15, 0.2) is 35.6 Å². The number of rotatable bonds is 4. The van der Waals surface area contributed by atoms with E-state index in [1.54, 1.807) is 13.2 Å². The zero-order valence-electron chi connectivity index (χ0n) is 11.5. The summed E-state index contributed by atoms with van der Waals surface area (Å²) < 4.78 is 11.3. The Hall–Kier alpha value is -0.952. The van der Waals surface area contributed by atoms with E-state index < -0.39 is 0 Å². The third kappa shape index (κ3) is 5.28. The van der Waals surface area contributed by atoms with E-state index in [1.807, 2.05) is 13.0 Å². The van der Waals surface area contributed by atoms with Gasteiger partial charge in [-0.15, -0.1) is 0 Å². The molecule has 104 valence electrons. The standard InChI is InChI=1S/C15H20O3.W/c1-4-18-15(16)11-14-8-6-5-7-13(10-14)9-12(2)17-3;/h9,11H,2,4-8H2,1,3H3;/b13-9?,14-11+;. The number of carbonyl (C=O) groups is 1. The molecule has 0 unspecified atom stereocenters. The number of esters is 1. The van der Waals surface area contributed by atoms with Gasteiger partial charge in [-0.1, -0.05) is 0 Å². The summed E-state index contributed by atoms with van der Waals surface area (Å²) >= 11 is 1.36. The maximum atomic E-state index is 11.6. The molecule has 0 atom stereocenters. The molecular weight excluding hydrogens is 412 g/mol. The first-order chi connectivity index (χ1) is 9.08. The van der Waals surface area contributed by atoms with Crippen LogP contribution in [0.3, 0.4) is 0 Å². The summed E-state index contributed by atoms with van der Waals surface area (Å²) in [5.74, 6) is 0.411. The first-order valence-corrected chi connectivity index (χ1v) is 7.90. The summed E-state index contributed by atoms with van der Waals surface area (Å²) in [7, 11) is 1.62. The van der Waals surface area contributed by atoms with Gasteiger partial charge in [0.2, 0.25) is 0 Å². The third-order valence-electron chi connectivity index (χ3n) is 2.90. The van der Waals surface area contributed by atoms with Crippen LogP contribution in [0.1, 0.15) is 32.6 Å². The summed E-state index contributed by atoms with van der Waals surface area (Å²) in [6.45, 7) is 6.07. The van der Waals surface area contributed by atoms with Crippen molar-refractivity contribution < 1.29 is 33.6 Å². The Bertz CT molecular complexity index is 433. The van der Waals surface area contributed by atoms with Crippen LogP contribution in [-0.2, 0) is 33.6 Å². The van der Waals surface area contributed by atoms with Crippen LogP contribution in [0, 0.1) is 0 Å². The van der Waals surface area contributed by atoms with Gasteiger partial charge in [0.05, 0.1) is 0 Å². The van der Waals surface area contributed by atoms with Crippen molar-refractivity contribution in [3.8, 4) is 0 Å². The quantitative estimate of drug-likeness (QED) is 0.297. The van der Waals surface area contributed by atoms with E-state index >= 15 is 0 Å². The van der Waals surface area contributed by atoms with Crippen molar-refractivity contribution in [3.05, 3.63) is 35.6 Å². The van der Waals surface area contributed by atoms with Crippen LogP contribution in [-0.4, -0.2) is 23.6 Å². The van der Waals surface area contributed by atoms with Crippen molar-refractivity contribution in [3.63, 3.8) is 0 Å². The first-order valence-electron chi connectivity index (χ1n) is 6.44. The van der Waals surface area contributed by atoms with E-state index in [4.69, 9.17) is 9.47 Å². The summed E-state index contributed by atoms with van der Waals surface area (Å²) in [6, 6.07) is 0. The number of ether oxygens (including phenoxy) is 2. The zero-order valence-corrected chi connectivity index (χ0v) is 14.5. The van der Waals surface area contributed by atoms with Crippen molar-refractivity contribution in [1.82, 2.24) is 0 Å². The molecule has 1 rings (SSSR count). The first kappa shape index (κ1) is 16.1. The van der Waals surface area contributed by atoms with Crippen LogP contribution < -0.4 is 0 Å². The molecule has 0 bridgehead atoms. The van der Waals surface area contributed by atoms with Gasteiger partial charge in [-0.05, 0) is 0 Å². The molecule has 0 aromatic rings. The third-order valence-corrected chi connectivity index (χ3v) is 4.79. The Kier molecular flexibility index (Phi) is 7.01. The Labute approximate surface area is 125 Å². The van der Waals surface area contributed by atoms with E-state index in [-0.39, 0.29) is 5.97 Å². The van der Waals surface area contributed by atoms with Crippen LogP contribution >= 0.6 is 0 Å². The molecule has 0 N–H and O–H groups in total. The maximum absolute atomic E-state index is 11.6. The van der Waals surface area contributed by atoms with Gasteiger partial charge in [-0.3, -0.25) is 0 Å². The van der Waals surface area contributed by atoms with Crippen LogP contribution in [0.4, 0.5) is 0 Å². The van der Waals surface area contributed by atoms with E-state index in [9.17, 15) is 4.79 Å². The molecule has 19 heavy (non-hydrogen) atoms. The molecule has 0 aromatic carbocycles. The molecule has 0 aromatic heterocycles. The molecule has 0 heterocycles. The molecule has 1 aliphatic carbocycles. The molecular formula is C15H20O3W. The number of hydrogen-bond donors (Lipinski definition) is 0. The number of carbonyl (C=O) groups excluding carboxylic acids is 1. The molecule has 3 nitrogen and oxygen atoms in total. The SMILES string of the molecule is C=C(C=C1CCCC/C(=C\C(=O)OCC)[C]1=[W])OC. The average Bonchev–Trinajstić information content (AvgIpc) is 2.54. The van der Waals surface area contributed by atoms with Crippen molar-refractivity contribution in [1.29, 1.82) is 0 Å². The minimum absolute atomic E-state index is 0.247. The Balaban J connectivity index is 2.94. The number of hydrogen-bond acceptors (Lipinski definition) is 3. The molecule has 1 fully saturated rings. The second kappa shape index (κ2) is 8.27. The molecule has 0 aliphatic heterocycles. The van der Waals surface area contributed by atoms with Gasteiger partial charge in [-0.2, -0.15) is 0 Å². The summed E-state index contributed by atoms with van der Waals surface area (Å²) in [6.07, 6.45) is 7.79. The average molecular weight is 432 g/mol. The molecule has 4 heteroatoms. The van der Waals surface area contributed by atoms with Gasteiger partial charge < -0.3 is 0 Å². The second-order valence-electron chi connectivity index (χ2n) is 4.30. The topological polar surface area (TPSA) is 35.5 Å². The molecule has 0 spiro atoms. The van der Waals surface area contributed by atoms with Crippen molar-refractivity contribution >= 4 is 9.87 Å². The molecule has 0 saturated heterocycles. The fourth-order valence-corrected chi connectivity index (χ4v) is 3.08. The van der Waals surface area contributed by atoms with Crippen LogP contribution in [0.2, 0.25) is 0 Å². The predicted octanol–water partition coefficient (Wildman–Crippen LogP) is 2.86. The van der Waals surface area contributed by atoms with E-state index in [0.29, 0.717) is 12.4 Å². The van der Waals surface area contributed by atoms with Gasteiger partial charge in [0.25, 0.3) is 0 Å².